The molecule has 1 aliphatic rings. The first-order valence-corrected chi connectivity index (χ1v) is 7.44. The molecule has 2 rings (SSSR count). The van der Waals surface area contributed by atoms with Crippen molar-refractivity contribution < 1.29 is 9.47 Å². The van der Waals surface area contributed by atoms with E-state index in [0.29, 0.717) is 6.04 Å². The number of rotatable bonds is 8. The summed E-state index contributed by atoms with van der Waals surface area (Å²) in [7, 11) is 0. The quantitative estimate of drug-likeness (QED) is 0.731. The molecule has 106 valence electrons. The highest BCUT2D eigenvalue weighted by atomic mass is 16.5. The molecule has 0 aliphatic carbocycles. The summed E-state index contributed by atoms with van der Waals surface area (Å²) in [6, 6.07) is 10.6. The molecule has 1 aliphatic heterocycles. The molecule has 1 heterocycles. The van der Waals surface area contributed by atoms with E-state index in [1.807, 2.05) is 30.3 Å². The average Bonchev–Trinajstić information content (AvgIpc) is 2.48. The van der Waals surface area contributed by atoms with Gasteiger partial charge in [0.25, 0.3) is 0 Å². The Morgan fingerprint density at radius 3 is 2.74 bits per heavy atom. The molecule has 19 heavy (non-hydrogen) atoms. The van der Waals surface area contributed by atoms with E-state index in [9.17, 15) is 0 Å². The molecular weight excluding hydrogens is 238 g/mol. The predicted octanol–water partition coefficient (Wildman–Crippen LogP) is 3.00. The maximum Gasteiger partial charge on any atom is 0.119 e. The second kappa shape index (κ2) is 8.94. The SMILES string of the molecule is c1ccc(OCCCOCCC2CCCCN2)cc1. The van der Waals surface area contributed by atoms with Crippen molar-refractivity contribution in [2.75, 3.05) is 26.4 Å². The lowest BCUT2D eigenvalue weighted by Crippen LogP contribution is -2.34. The van der Waals surface area contributed by atoms with Crippen LogP contribution in [0.15, 0.2) is 30.3 Å². The van der Waals surface area contributed by atoms with E-state index < -0.39 is 0 Å². The van der Waals surface area contributed by atoms with Gasteiger partial charge in [0.05, 0.1) is 6.61 Å². The number of ether oxygens (including phenoxy) is 2. The summed E-state index contributed by atoms with van der Waals surface area (Å²) in [6.45, 7) is 3.56. The second-order valence-electron chi connectivity index (χ2n) is 5.06. The van der Waals surface area contributed by atoms with E-state index in [0.717, 1.165) is 38.4 Å². The zero-order chi connectivity index (χ0) is 13.2. The summed E-state index contributed by atoms with van der Waals surface area (Å²) in [5, 5.41) is 3.54. The van der Waals surface area contributed by atoms with Crippen LogP contribution in [0.1, 0.15) is 32.1 Å². The highest BCUT2D eigenvalue weighted by Gasteiger charge is 2.11. The van der Waals surface area contributed by atoms with Crippen molar-refractivity contribution in [1.29, 1.82) is 0 Å². The maximum absolute atomic E-state index is 5.65. The van der Waals surface area contributed by atoms with E-state index in [2.05, 4.69) is 5.32 Å². The molecular formula is C16H25NO2. The molecule has 0 radical (unpaired) electrons. The van der Waals surface area contributed by atoms with Gasteiger partial charge >= 0.3 is 0 Å². The van der Waals surface area contributed by atoms with Gasteiger partial charge in [0, 0.05) is 25.7 Å². The molecule has 0 aromatic heterocycles. The minimum Gasteiger partial charge on any atom is -0.494 e. The first-order chi connectivity index (χ1) is 9.45. The summed E-state index contributed by atoms with van der Waals surface area (Å²) in [4.78, 5) is 0. The van der Waals surface area contributed by atoms with Gasteiger partial charge < -0.3 is 14.8 Å². The lowest BCUT2D eigenvalue weighted by molar-refractivity contribution is 0.108. The molecule has 1 unspecified atom stereocenters. The van der Waals surface area contributed by atoms with Crippen molar-refractivity contribution in [3.63, 3.8) is 0 Å². The lowest BCUT2D eigenvalue weighted by Gasteiger charge is -2.23. The van der Waals surface area contributed by atoms with Gasteiger partial charge in [0.1, 0.15) is 5.75 Å². The van der Waals surface area contributed by atoms with Crippen molar-refractivity contribution in [3.05, 3.63) is 30.3 Å². The summed E-state index contributed by atoms with van der Waals surface area (Å²) in [6.07, 6.45) is 6.09. The van der Waals surface area contributed by atoms with Crippen molar-refractivity contribution in [1.82, 2.24) is 5.32 Å². The third kappa shape index (κ3) is 6.08. The van der Waals surface area contributed by atoms with Crippen molar-refractivity contribution >= 4 is 0 Å². The van der Waals surface area contributed by atoms with Crippen molar-refractivity contribution in [2.45, 2.75) is 38.1 Å². The Labute approximate surface area is 116 Å². The monoisotopic (exact) mass is 263 g/mol. The minimum absolute atomic E-state index is 0.675. The number of hydrogen-bond acceptors (Lipinski definition) is 3. The first-order valence-electron chi connectivity index (χ1n) is 7.44. The Kier molecular flexibility index (Phi) is 6.75. The van der Waals surface area contributed by atoms with Gasteiger partial charge in [-0.3, -0.25) is 0 Å². The van der Waals surface area contributed by atoms with Crippen LogP contribution in [-0.2, 0) is 4.74 Å². The number of nitrogens with one attached hydrogen (secondary N) is 1. The van der Waals surface area contributed by atoms with Gasteiger partial charge in [-0.25, -0.2) is 0 Å². The normalized spacial score (nSPS) is 19.3. The van der Waals surface area contributed by atoms with Gasteiger partial charge in [-0.15, -0.1) is 0 Å². The van der Waals surface area contributed by atoms with Gasteiger partial charge in [-0.2, -0.15) is 0 Å². The highest BCUT2D eigenvalue weighted by molar-refractivity contribution is 5.20. The fraction of sp³-hybridized carbons (Fsp3) is 0.625. The Balaban J connectivity index is 1.42. The van der Waals surface area contributed by atoms with E-state index in [-0.39, 0.29) is 0 Å². The molecule has 3 heteroatoms. The molecule has 1 N–H and O–H groups in total. The van der Waals surface area contributed by atoms with Crippen LogP contribution in [0.4, 0.5) is 0 Å². The number of benzene rings is 1. The van der Waals surface area contributed by atoms with Gasteiger partial charge in [-0.05, 0) is 37.9 Å². The standard InChI is InChI=1S/C16H25NO2/c1-2-8-16(9-3-1)19-13-6-12-18-14-10-15-7-4-5-11-17-15/h1-3,8-9,15,17H,4-7,10-14H2. The van der Waals surface area contributed by atoms with Crippen LogP contribution in [0, 0.1) is 0 Å². The molecule has 1 aromatic carbocycles. The molecule has 1 saturated heterocycles. The molecule has 0 amide bonds. The van der Waals surface area contributed by atoms with Gasteiger partial charge in [0.2, 0.25) is 0 Å². The third-order valence-corrected chi connectivity index (χ3v) is 3.47. The lowest BCUT2D eigenvalue weighted by atomic mass is 10.0. The molecule has 3 nitrogen and oxygen atoms in total. The number of para-hydroxylation sites is 1. The Bertz CT molecular complexity index is 323. The first kappa shape index (κ1) is 14.4. The van der Waals surface area contributed by atoms with Crippen LogP contribution < -0.4 is 10.1 Å². The largest absolute Gasteiger partial charge is 0.494 e. The van der Waals surface area contributed by atoms with E-state index in [1.54, 1.807) is 0 Å². The smallest absolute Gasteiger partial charge is 0.119 e. The van der Waals surface area contributed by atoms with Crippen molar-refractivity contribution in [2.24, 2.45) is 0 Å². The fourth-order valence-corrected chi connectivity index (χ4v) is 2.37. The summed E-state index contributed by atoms with van der Waals surface area (Å²) in [5.41, 5.74) is 0. The third-order valence-electron chi connectivity index (χ3n) is 3.47. The summed E-state index contributed by atoms with van der Waals surface area (Å²) < 4.78 is 11.3. The Morgan fingerprint density at radius 2 is 1.95 bits per heavy atom. The second-order valence-corrected chi connectivity index (χ2v) is 5.06. The fourth-order valence-electron chi connectivity index (χ4n) is 2.37. The Hall–Kier alpha value is -1.06. The summed E-state index contributed by atoms with van der Waals surface area (Å²) in [5.74, 6) is 0.939. The highest BCUT2D eigenvalue weighted by Crippen LogP contribution is 2.10. The van der Waals surface area contributed by atoms with E-state index in [1.165, 1.54) is 25.8 Å². The molecule has 1 aromatic rings. The van der Waals surface area contributed by atoms with Crippen LogP contribution in [0.3, 0.4) is 0 Å². The Morgan fingerprint density at radius 1 is 1.05 bits per heavy atom. The zero-order valence-electron chi connectivity index (χ0n) is 11.6. The van der Waals surface area contributed by atoms with Crippen LogP contribution in [0.25, 0.3) is 0 Å². The zero-order valence-corrected chi connectivity index (χ0v) is 11.6. The number of hydrogen-bond donors (Lipinski definition) is 1. The van der Waals surface area contributed by atoms with Crippen LogP contribution in [0.2, 0.25) is 0 Å². The van der Waals surface area contributed by atoms with E-state index in [4.69, 9.17) is 9.47 Å². The van der Waals surface area contributed by atoms with Gasteiger partial charge in [0.15, 0.2) is 0 Å². The van der Waals surface area contributed by atoms with Gasteiger partial charge in [-0.1, -0.05) is 24.6 Å². The van der Waals surface area contributed by atoms with Crippen LogP contribution in [0.5, 0.6) is 5.75 Å². The molecule has 1 fully saturated rings. The van der Waals surface area contributed by atoms with Crippen LogP contribution >= 0.6 is 0 Å². The topological polar surface area (TPSA) is 30.5 Å². The summed E-state index contributed by atoms with van der Waals surface area (Å²) >= 11 is 0. The minimum atomic E-state index is 0.675. The number of piperidine rings is 1. The average molecular weight is 263 g/mol. The molecule has 0 bridgehead atoms. The molecule has 1 atom stereocenters. The van der Waals surface area contributed by atoms with Crippen LogP contribution in [-0.4, -0.2) is 32.4 Å². The maximum atomic E-state index is 5.65. The van der Waals surface area contributed by atoms with Crippen molar-refractivity contribution in [3.8, 4) is 5.75 Å². The predicted molar refractivity (Wildman–Crippen MR) is 77.6 cm³/mol. The molecule has 0 spiro atoms. The molecule has 0 saturated carbocycles. The van der Waals surface area contributed by atoms with E-state index >= 15 is 0 Å².